The maximum atomic E-state index is 12.4. The number of carbonyl (C=O) groups is 1. The second-order valence-corrected chi connectivity index (χ2v) is 5.65. The molecule has 0 saturated heterocycles. The van der Waals surface area contributed by atoms with E-state index in [4.69, 9.17) is 21.1 Å². The van der Waals surface area contributed by atoms with Crippen molar-refractivity contribution < 1.29 is 14.3 Å². The monoisotopic (exact) mass is 296 g/mol. The zero-order valence-electron chi connectivity index (χ0n) is 12.1. The highest BCUT2D eigenvalue weighted by atomic mass is 35.5. The molecule has 0 bridgehead atoms. The van der Waals surface area contributed by atoms with Crippen LogP contribution in [-0.2, 0) is 0 Å². The maximum Gasteiger partial charge on any atom is 0.166 e. The van der Waals surface area contributed by atoms with Gasteiger partial charge in [-0.15, -0.1) is 0 Å². The first-order chi connectivity index (χ1) is 9.67. The number of methoxy groups -OCH3 is 2. The fraction of sp³-hybridized carbons (Fsp3) is 0.562. The standard InChI is InChI=1S/C16H21ClO3/c1-19-14-10-8-12(16(20-2)15(14)17)13(18)9-7-11-5-3-4-6-11/h8,10-11H,3-7,9H2,1-2H3. The number of hydrogen-bond donors (Lipinski definition) is 0. The van der Waals surface area contributed by atoms with Crippen LogP contribution < -0.4 is 9.47 Å². The molecular weight excluding hydrogens is 276 g/mol. The molecule has 1 aliphatic carbocycles. The fourth-order valence-corrected chi connectivity index (χ4v) is 3.20. The predicted octanol–water partition coefficient (Wildman–Crippen LogP) is 4.51. The lowest BCUT2D eigenvalue weighted by atomic mass is 9.97. The van der Waals surface area contributed by atoms with Gasteiger partial charge in [-0.3, -0.25) is 4.79 Å². The molecule has 0 spiro atoms. The summed E-state index contributed by atoms with van der Waals surface area (Å²) < 4.78 is 10.4. The van der Waals surface area contributed by atoms with E-state index in [2.05, 4.69) is 0 Å². The van der Waals surface area contributed by atoms with Gasteiger partial charge in [-0.25, -0.2) is 0 Å². The molecule has 2 rings (SSSR count). The van der Waals surface area contributed by atoms with E-state index in [1.54, 1.807) is 19.2 Å². The van der Waals surface area contributed by atoms with Crippen molar-refractivity contribution >= 4 is 17.4 Å². The summed E-state index contributed by atoms with van der Waals surface area (Å²) in [5, 5.41) is 0.363. The summed E-state index contributed by atoms with van der Waals surface area (Å²) in [6, 6.07) is 3.45. The molecule has 1 aliphatic rings. The Kier molecular flexibility index (Phi) is 5.30. The van der Waals surface area contributed by atoms with E-state index in [0.717, 1.165) is 6.42 Å². The molecule has 1 aromatic carbocycles. The van der Waals surface area contributed by atoms with Crippen LogP contribution >= 0.6 is 11.6 Å². The molecule has 0 amide bonds. The van der Waals surface area contributed by atoms with Crippen LogP contribution in [0.2, 0.25) is 5.02 Å². The van der Waals surface area contributed by atoms with Gasteiger partial charge in [0, 0.05) is 6.42 Å². The van der Waals surface area contributed by atoms with Crippen molar-refractivity contribution in [1.82, 2.24) is 0 Å². The molecule has 0 radical (unpaired) electrons. The van der Waals surface area contributed by atoms with E-state index < -0.39 is 0 Å². The first kappa shape index (κ1) is 15.2. The Bertz CT molecular complexity index is 479. The minimum absolute atomic E-state index is 0.0957. The highest BCUT2D eigenvalue weighted by Gasteiger charge is 2.21. The Morgan fingerprint density at radius 2 is 1.95 bits per heavy atom. The van der Waals surface area contributed by atoms with Crippen molar-refractivity contribution in [2.45, 2.75) is 38.5 Å². The number of ketones is 1. The van der Waals surface area contributed by atoms with E-state index in [0.29, 0.717) is 34.4 Å². The minimum atomic E-state index is 0.0957. The van der Waals surface area contributed by atoms with Gasteiger partial charge in [0.1, 0.15) is 10.8 Å². The van der Waals surface area contributed by atoms with Gasteiger partial charge in [0.25, 0.3) is 0 Å². The van der Waals surface area contributed by atoms with Crippen molar-refractivity contribution in [3.05, 3.63) is 22.7 Å². The molecule has 110 valence electrons. The summed E-state index contributed by atoms with van der Waals surface area (Å²) in [6.07, 6.45) is 6.64. The van der Waals surface area contributed by atoms with Crippen LogP contribution in [0.4, 0.5) is 0 Å². The van der Waals surface area contributed by atoms with E-state index >= 15 is 0 Å². The Labute approximate surface area is 125 Å². The Morgan fingerprint density at radius 3 is 2.55 bits per heavy atom. The number of ether oxygens (including phenoxy) is 2. The smallest absolute Gasteiger partial charge is 0.166 e. The zero-order valence-corrected chi connectivity index (χ0v) is 12.8. The summed E-state index contributed by atoms with van der Waals surface area (Å²) >= 11 is 6.18. The van der Waals surface area contributed by atoms with Gasteiger partial charge in [0.2, 0.25) is 0 Å². The molecular formula is C16H21ClO3. The van der Waals surface area contributed by atoms with E-state index in [1.807, 2.05) is 0 Å². The quantitative estimate of drug-likeness (QED) is 0.725. The van der Waals surface area contributed by atoms with Crippen molar-refractivity contribution in [2.24, 2.45) is 5.92 Å². The van der Waals surface area contributed by atoms with Gasteiger partial charge in [-0.1, -0.05) is 37.3 Å². The number of rotatable bonds is 6. The van der Waals surface area contributed by atoms with Crippen LogP contribution in [-0.4, -0.2) is 20.0 Å². The van der Waals surface area contributed by atoms with Gasteiger partial charge in [0.15, 0.2) is 11.5 Å². The number of Topliss-reactive ketones (excluding diaryl/α,β-unsaturated/α-hetero) is 1. The lowest BCUT2D eigenvalue weighted by Gasteiger charge is -2.13. The third-order valence-corrected chi connectivity index (χ3v) is 4.40. The highest BCUT2D eigenvalue weighted by molar-refractivity contribution is 6.34. The first-order valence-corrected chi connectivity index (χ1v) is 7.48. The molecule has 4 heteroatoms. The molecule has 0 heterocycles. The molecule has 3 nitrogen and oxygen atoms in total. The van der Waals surface area contributed by atoms with Crippen molar-refractivity contribution in [2.75, 3.05) is 14.2 Å². The second-order valence-electron chi connectivity index (χ2n) is 5.27. The van der Waals surface area contributed by atoms with E-state index in [-0.39, 0.29) is 5.78 Å². The van der Waals surface area contributed by atoms with Crippen LogP contribution in [0.5, 0.6) is 11.5 Å². The van der Waals surface area contributed by atoms with Crippen molar-refractivity contribution in [1.29, 1.82) is 0 Å². The molecule has 1 aromatic rings. The number of hydrogen-bond acceptors (Lipinski definition) is 3. The van der Waals surface area contributed by atoms with Crippen LogP contribution in [0.15, 0.2) is 12.1 Å². The molecule has 20 heavy (non-hydrogen) atoms. The molecule has 1 fully saturated rings. The van der Waals surface area contributed by atoms with Crippen LogP contribution in [0.1, 0.15) is 48.9 Å². The third kappa shape index (κ3) is 3.26. The zero-order chi connectivity index (χ0) is 14.5. The Morgan fingerprint density at radius 1 is 1.25 bits per heavy atom. The average Bonchev–Trinajstić information content (AvgIpc) is 2.97. The predicted molar refractivity (Wildman–Crippen MR) is 80.1 cm³/mol. The molecule has 0 aliphatic heterocycles. The van der Waals surface area contributed by atoms with Crippen molar-refractivity contribution in [3.8, 4) is 11.5 Å². The third-order valence-electron chi connectivity index (χ3n) is 4.04. The highest BCUT2D eigenvalue weighted by Crippen LogP contribution is 2.38. The van der Waals surface area contributed by atoms with Gasteiger partial charge in [-0.2, -0.15) is 0 Å². The number of benzene rings is 1. The average molecular weight is 297 g/mol. The van der Waals surface area contributed by atoms with Crippen LogP contribution in [0, 0.1) is 5.92 Å². The number of carbonyl (C=O) groups excluding carboxylic acids is 1. The lowest BCUT2D eigenvalue weighted by Crippen LogP contribution is -2.06. The maximum absolute atomic E-state index is 12.4. The van der Waals surface area contributed by atoms with Crippen molar-refractivity contribution in [3.63, 3.8) is 0 Å². The first-order valence-electron chi connectivity index (χ1n) is 7.11. The SMILES string of the molecule is COc1ccc(C(=O)CCC2CCCC2)c(OC)c1Cl. The summed E-state index contributed by atoms with van der Waals surface area (Å²) in [4.78, 5) is 12.4. The number of halogens is 1. The van der Waals surface area contributed by atoms with Crippen LogP contribution in [0.3, 0.4) is 0 Å². The Balaban J connectivity index is 2.10. The molecule has 0 aromatic heterocycles. The Hall–Kier alpha value is -1.22. The molecule has 1 saturated carbocycles. The minimum Gasteiger partial charge on any atom is -0.495 e. The largest absolute Gasteiger partial charge is 0.495 e. The van der Waals surface area contributed by atoms with Crippen LogP contribution in [0.25, 0.3) is 0 Å². The molecule has 0 N–H and O–H groups in total. The van der Waals surface area contributed by atoms with Gasteiger partial charge in [-0.05, 0) is 24.5 Å². The van der Waals surface area contributed by atoms with Gasteiger partial charge >= 0.3 is 0 Å². The van der Waals surface area contributed by atoms with Gasteiger partial charge in [0.05, 0.1) is 19.8 Å². The topological polar surface area (TPSA) is 35.5 Å². The molecule has 0 atom stereocenters. The summed E-state index contributed by atoms with van der Waals surface area (Å²) in [6.45, 7) is 0. The van der Waals surface area contributed by atoms with E-state index in [9.17, 15) is 4.79 Å². The summed E-state index contributed by atoms with van der Waals surface area (Å²) in [5.41, 5.74) is 0.552. The molecule has 0 unspecified atom stereocenters. The second kappa shape index (κ2) is 6.98. The summed E-state index contributed by atoms with van der Waals surface area (Å²) in [7, 11) is 3.07. The summed E-state index contributed by atoms with van der Waals surface area (Å²) in [5.74, 6) is 1.75. The van der Waals surface area contributed by atoms with E-state index in [1.165, 1.54) is 32.8 Å². The lowest BCUT2D eigenvalue weighted by molar-refractivity contribution is 0.0971. The normalized spacial score (nSPS) is 15.3. The fourth-order valence-electron chi connectivity index (χ4n) is 2.88. The van der Waals surface area contributed by atoms with Gasteiger partial charge < -0.3 is 9.47 Å².